The number of amides is 2. The maximum atomic E-state index is 11.9. The molecule has 0 unspecified atom stereocenters. The highest BCUT2D eigenvalue weighted by atomic mass is 79.9. The lowest BCUT2D eigenvalue weighted by Gasteiger charge is -2.12. The van der Waals surface area contributed by atoms with Crippen LogP contribution in [-0.4, -0.2) is 34.8 Å². The van der Waals surface area contributed by atoms with Crippen LogP contribution < -0.4 is 10.7 Å². The van der Waals surface area contributed by atoms with Crippen LogP contribution >= 0.6 is 27.5 Å². The number of rotatable bonds is 5. The number of hydrogen-bond donors (Lipinski definition) is 4. The molecule has 0 aliphatic rings. The topological polar surface area (TPSA) is 111 Å². The zero-order chi connectivity index (χ0) is 20.1. The van der Waals surface area contributed by atoms with Crippen molar-refractivity contribution in [2.75, 3.05) is 6.54 Å². The molecule has 0 radical (unpaired) electrons. The maximum Gasteiger partial charge on any atom is 0.259 e. The van der Waals surface area contributed by atoms with Crippen LogP contribution in [0.15, 0.2) is 33.8 Å². The van der Waals surface area contributed by atoms with Crippen LogP contribution in [0.4, 0.5) is 0 Å². The Balaban J connectivity index is 1.96. The lowest BCUT2D eigenvalue weighted by Crippen LogP contribution is -2.34. The van der Waals surface area contributed by atoms with Gasteiger partial charge in [0.2, 0.25) is 0 Å². The van der Waals surface area contributed by atoms with Crippen molar-refractivity contribution >= 4 is 45.6 Å². The van der Waals surface area contributed by atoms with E-state index >= 15 is 0 Å². The van der Waals surface area contributed by atoms with Crippen LogP contribution in [0, 0.1) is 13.8 Å². The molecule has 0 saturated carbocycles. The molecule has 0 aliphatic heterocycles. The lowest BCUT2D eigenvalue weighted by atomic mass is 10.0. The molecule has 2 aromatic carbocycles. The van der Waals surface area contributed by atoms with Gasteiger partial charge in [0.15, 0.2) is 0 Å². The second kappa shape index (κ2) is 8.88. The van der Waals surface area contributed by atoms with Crippen molar-refractivity contribution in [1.82, 2.24) is 10.7 Å². The minimum absolute atomic E-state index is 0.0592. The third-order valence-corrected chi connectivity index (χ3v) is 5.03. The quantitative estimate of drug-likeness (QED) is 0.411. The smallest absolute Gasteiger partial charge is 0.259 e. The van der Waals surface area contributed by atoms with Crippen molar-refractivity contribution in [3.8, 4) is 11.5 Å². The summed E-state index contributed by atoms with van der Waals surface area (Å²) in [5.41, 5.74) is 3.83. The van der Waals surface area contributed by atoms with Gasteiger partial charge in [-0.2, -0.15) is 5.10 Å². The summed E-state index contributed by atoms with van der Waals surface area (Å²) in [6, 6.07) is 6.25. The van der Waals surface area contributed by atoms with Gasteiger partial charge < -0.3 is 15.5 Å². The van der Waals surface area contributed by atoms with E-state index in [9.17, 15) is 19.8 Å². The molecule has 4 N–H and O–H groups in total. The minimum Gasteiger partial charge on any atom is -0.507 e. The van der Waals surface area contributed by atoms with Crippen LogP contribution in [-0.2, 0) is 4.79 Å². The van der Waals surface area contributed by atoms with E-state index in [4.69, 9.17) is 11.6 Å². The Bertz CT molecular complexity index is 885. The summed E-state index contributed by atoms with van der Waals surface area (Å²) in [5.74, 6) is -1.16. The normalized spacial score (nSPS) is 10.8. The molecular formula is C18H17BrClN3O4. The Kier molecular flexibility index (Phi) is 6.81. The van der Waals surface area contributed by atoms with E-state index in [1.54, 1.807) is 38.1 Å². The fourth-order valence-electron chi connectivity index (χ4n) is 2.18. The summed E-state index contributed by atoms with van der Waals surface area (Å²) >= 11 is 8.99. The lowest BCUT2D eigenvalue weighted by molar-refractivity contribution is -0.120. The van der Waals surface area contributed by atoms with E-state index in [2.05, 4.69) is 31.8 Å². The summed E-state index contributed by atoms with van der Waals surface area (Å²) in [5, 5.41) is 26.7. The van der Waals surface area contributed by atoms with Crippen LogP contribution in [0.25, 0.3) is 0 Å². The molecule has 0 spiro atoms. The first-order valence-electron chi connectivity index (χ1n) is 7.78. The molecule has 27 heavy (non-hydrogen) atoms. The SMILES string of the molecule is Cc1c(O)c(Br)c(C)c(/C=N/NC(=O)CNC(=O)c2ccc(Cl)cc2)c1O. The van der Waals surface area contributed by atoms with E-state index in [0.717, 1.165) is 0 Å². The fraction of sp³-hybridized carbons (Fsp3) is 0.167. The fourth-order valence-corrected chi connectivity index (χ4v) is 2.82. The molecule has 0 fully saturated rings. The van der Waals surface area contributed by atoms with Crippen molar-refractivity contribution in [1.29, 1.82) is 0 Å². The molecule has 2 amide bonds. The monoisotopic (exact) mass is 453 g/mol. The Morgan fingerprint density at radius 2 is 1.78 bits per heavy atom. The predicted octanol–water partition coefficient (Wildman–Crippen LogP) is 3.01. The van der Waals surface area contributed by atoms with Gasteiger partial charge in [-0.3, -0.25) is 9.59 Å². The van der Waals surface area contributed by atoms with Gasteiger partial charge >= 0.3 is 0 Å². The van der Waals surface area contributed by atoms with Crippen molar-refractivity contribution in [3.05, 3.63) is 56.0 Å². The van der Waals surface area contributed by atoms with E-state index in [1.165, 1.54) is 6.21 Å². The van der Waals surface area contributed by atoms with Gasteiger partial charge in [0.1, 0.15) is 11.5 Å². The Morgan fingerprint density at radius 1 is 1.15 bits per heavy atom. The van der Waals surface area contributed by atoms with Gasteiger partial charge in [-0.15, -0.1) is 0 Å². The largest absolute Gasteiger partial charge is 0.507 e. The molecule has 0 aromatic heterocycles. The Labute approximate surface area is 169 Å². The number of carbonyl (C=O) groups is 2. The molecule has 2 rings (SSSR count). The third-order valence-electron chi connectivity index (χ3n) is 3.81. The molecule has 7 nitrogen and oxygen atoms in total. The van der Waals surface area contributed by atoms with Crippen molar-refractivity contribution in [3.63, 3.8) is 0 Å². The number of carbonyl (C=O) groups excluding carboxylic acids is 2. The van der Waals surface area contributed by atoms with E-state index in [-0.39, 0.29) is 23.6 Å². The number of phenolic OH excluding ortho intramolecular Hbond substituents is 2. The highest BCUT2D eigenvalue weighted by Gasteiger charge is 2.16. The average Bonchev–Trinajstić information content (AvgIpc) is 2.66. The van der Waals surface area contributed by atoms with Crippen LogP contribution in [0.3, 0.4) is 0 Å². The predicted molar refractivity (Wildman–Crippen MR) is 106 cm³/mol. The summed E-state index contributed by atoms with van der Waals surface area (Å²) < 4.78 is 0.431. The van der Waals surface area contributed by atoms with Gasteiger partial charge in [-0.25, -0.2) is 5.43 Å². The van der Waals surface area contributed by atoms with Gasteiger partial charge in [-0.1, -0.05) is 11.6 Å². The minimum atomic E-state index is -0.541. The molecule has 142 valence electrons. The summed E-state index contributed by atoms with van der Waals surface area (Å²) in [6.07, 6.45) is 1.26. The summed E-state index contributed by atoms with van der Waals surface area (Å²) in [7, 11) is 0. The molecular weight excluding hydrogens is 438 g/mol. The molecule has 0 saturated heterocycles. The second-order valence-electron chi connectivity index (χ2n) is 5.66. The van der Waals surface area contributed by atoms with Crippen LogP contribution in [0.5, 0.6) is 11.5 Å². The second-order valence-corrected chi connectivity index (χ2v) is 6.89. The number of nitrogens with zero attached hydrogens (tertiary/aromatic N) is 1. The third kappa shape index (κ3) is 4.99. The van der Waals surface area contributed by atoms with Gasteiger partial charge in [0.25, 0.3) is 11.8 Å². The molecule has 2 aromatic rings. The van der Waals surface area contributed by atoms with Crippen molar-refractivity contribution in [2.24, 2.45) is 5.10 Å². The molecule has 0 heterocycles. The number of hydrazone groups is 1. The molecule has 0 bridgehead atoms. The maximum absolute atomic E-state index is 11.9. The Morgan fingerprint density at radius 3 is 2.41 bits per heavy atom. The number of phenols is 2. The number of benzene rings is 2. The van der Waals surface area contributed by atoms with Gasteiger partial charge in [-0.05, 0) is 59.6 Å². The highest BCUT2D eigenvalue weighted by Crippen LogP contribution is 2.39. The van der Waals surface area contributed by atoms with Crippen molar-refractivity contribution < 1.29 is 19.8 Å². The molecule has 0 atom stereocenters. The molecule has 9 heteroatoms. The number of aromatic hydroxyl groups is 2. The zero-order valence-corrected chi connectivity index (χ0v) is 16.8. The number of hydrogen-bond acceptors (Lipinski definition) is 5. The van der Waals surface area contributed by atoms with E-state index < -0.39 is 11.8 Å². The molecule has 0 aliphatic carbocycles. The first-order valence-corrected chi connectivity index (χ1v) is 8.95. The van der Waals surface area contributed by atoms with Crippen molar-refractivity contribution in [2.45, 2.75) is 13.8 Å². The Hall–Kier alpha value is -2.58. The zero-order valence-electron chi connectivity index (χ0n) is 14.5. The standard InChI is InChI=1S/C18H17BrClN3O4/c1-9-13(16(25)10(2)17(26)15(9)19)7-22-23-14(24)8-21-18(27)11-3-5-12(20)6-4-11/h3-7,25-26H,8H2,1-2H3,(H,21,27)(H,23,24)/b22-7+. The first-order chi connectivity index (χ1) is 12.7. The highest BCUT2D eigenvalue weighted by molar-refractivity contribution is 9.10. The van der Waals surface area contributed by atoms with Crippen LogP contribution in [0.2, 0.25) is 5.02 Å². The average molecular weight is 455 g/mol. The van der Waals surface area contributed by atoms with E-state index in [0.29, 0.717) is 26.2 Å². The summed E-state index contributed by atoms with van der Waals surface area (Å²) in [6.45, 7) is 2.96. The number of nitrogens with one attached hydrogen (secondary N) is 2. The van der Waals surface area contributed by atoms with Gasteiger partial charge in [0, 0.05) is 21.7 Å². The summed E-state index contributed by atoms with van der Waals surface area (Å²) in [4.78, 5) is 23.7. The van der Waals surface area contributed by atoms with E-state index in [1.807, 2.05) is 0 Å². The van der Waals surface area contributed by atoms with Crippen LogP contribution in [0.1, 0.15) is 27.0 Å². The first kappa shape index (κ1) is 20.7. The van der Waals surface area contributed by atoms with Gasteiger partial charge in [0.05, 0.1) is 17.2 Å². The number of halogens is 2.